The molecular weight excluding hydrogens is 326 g/mol. The maximum atomic E-state index is 11.9. The molecule has 136 valence electrons. The molecule has 0 spiro atoms. The van der Waals surface area contributed by atoms with Crippen LogP contribution in [-0.4, -0.2) is 47.1 Å². The average Bonchev–Trinajstić information content (AvgIpc) is 3.12. The predicted octanol–water partition coefficient (Wildman–Crippen LogP) is 2.61. The van der Waals surface area contributed by atoms with E-state index >= 15 is 0 Å². The van der Waals surface area contributed by atoms with Gasteiger partial charge in [-0.15, -0.1) is 0 Å². The van der Waals surface area contributed by atoms with E-state index in [1.54, 1.807) is 4.90 Å². The SMILES string of the molecule is CN1C(=O)CCc2cc(-c3cncc(CN4CCCC4CO)c3)ccc21. The Morgan fingerprint density at radius 1 is 1.19 bits per heavy atom. The number of benzene rings is 1. The minimum Gasteiger partial charge on any atom is -0.395 e. The molecule has 1 saturated heterocycles. The molecule has 0 saturated carbocycles. The van der Waals surface area contributed by atoms with E-state index in [2.05, 4.69) is 28.1 Å². The molecule has 5 heteroatoms. The first-order valence-corrected chi connectivity index (χ1v) is 9.34. The highest BCUT2D eigenvalue weighted by atomic mass is 16.3. The van der Waals surface area contributed by atoms with Crippen LogP contribution in [0.2, 0.25) is 0 Å². The van der Waals surface area contributed by atoms with Crippen molar-refractivity contribution < 1.29 is 9.90 Å². The molecule has 1 N–H and O–H groups in total. The zero-order valence-corrected chi connectivity index (χ0v) is 15.2. The van der Waals surface area contributed by atoms with E-state index in [4.69, 9.17) is 0 Å². The van der Waals surface area contributed by atoms with E-state index in [1.807, 2.05) is 25.5 Å². The van der Waals surface area contributed by atoms with Gasteiger partial charge in [0, 0.05) is 49.7 Å². The Morgan fingerprint density at radius 3 is 2.92 bits per heavy atom. The summed E-state index contributed by atoms with van der Waals surface area (Å²) in [6, 6.07) is 8.76. The Kier molecular flexibility index (Phi) is 4.74. The van der Waals surface area contributed by atoms with E-state index < -0.39 is 0 Å². The summed E-state index contributed by atoms with van der Waals surface area (Å²) >= 11 is 0. The summed E-state index contributed by atoms with van der Waals surface area (Å²) in [5.41, 5.74) is 5.64. The van der Waals surface area contributed by atoms with Gasteiger partial charge in [-0.1, -0.05) is 6.07 Å². The third-order valence-electron chi connectivity index (χ3n) is 5.65. The van der Waals surface area contributed by atoms with Crippen molar-refractivity contribution in [1.82, 2.24) is 9.88 Å². The van der Waals surface area contributed by atoms with Gasteiger partial charge in [-0.3, -0.25) is 14.7 Å². The summed E-state index contributed by atoms with van der Waals surface area (Å²) in [6.45, 7) is 2.09. The van der Waals surface area contributed by atoms with E-state index in [1.165, 1.54) is 11.1 Å². The molecule has 0 radical (unpaired) electrons. The Bertz CT molecular complexity index is 821. The van der Waals surface area contributed by atoms with Crippen molar-refractivity contribution in [1.29, 1.82) is 0 Å². The van der Waals surface area contributed by atoms with Crippen LogP contribution >= 0.6 is 0 Å². The van der Waals surface area contributed by atoms with Crippen molar-refractivity contribution in [3.8, 4) is 11.1 Å². The molecule has 0 aliphatic carbocycles. The van der Waals surface area contributed by atoms with E-state index in [0.29, 0.717) is 6.42 Å². The third-order valence-corrected chi connectivity index (χ3v) is 5.65. The number of anilines is 1. The summed E-state index contributed by atoms with van der Waals surface area (Å²) in [5, 5.41) is 9.51. The van der Waals surface area contributed by atoms with Crippen molar-refractivity contribution in [2.75, 3.05) is 25.1 Å². The summed E-state index contributed by atoms with van der Waals surface area (Å²) in [7, 11) is 1.84. The smallest absolute Gasteiger partial charge is 0.227 e. The minimum atomic E-state index is 0.179. The summed E-state index contributed by atoms with van der Waals surface area (Å²) in [5.74, 6) is 0.179. The number of nitrogens with zero attached hydrogens (tertiary/aromatic N) is 3. The van der Waals surface area contributed by atoms with Crippen molar-refractivity contribution in [3.63, 3.8) is 0 Å². The average molecular weight is 351 g/mol. The van der Waals surface area contributed by atoms with E-state index in [0.717, 1.165) is 49.2 Å². The fourth-order valence-electron chi connectivity index (χ4n) is 4.11. The van der Waals surface area contributed by atoms with Crippen LogP contribution in [-0.2, 0) is 17.8 Å². The summed E-state index contributed by atoms with van der Waals surface area (Å²) in [6.07, 6.45) is 7.40. The number of amides is 1. The topological polar surface area (TPSA) is 56.7 Å². The lowest BCUT2D eigenvalue weighted by Crippen LogP contribution is -2.31. The first-order valence-electron chi connectivity index (χ1n) is 9.34. The fourth-order valence-corrected chi connectivity index (χ4v) is 4.11. The maximum absolute atomic E-state index is 11.9. The number of carbonyl (C=O) groups is 1. The molecular formula is C21H25N3O2. The van der Waals surface area contributed by atoms with Gasteiger partial charge in [0.15, 0.2) is 0 Å². The highest BCUT2D eigenvalue weighted by Crippen LogP contribution is 2.31. The van der Waals surface area contributed by atoms with Gasteiger partial charge in [0.25, 0.3) is 0 Å². The van der Waals surface area contributed by atoms with Crippen LogP contribution in [0.5, 0.6) is 0 Å². The zero-order chi connectivity index (χ0) is 18.1. The second-order valence-corrected chi connectivity index (χ2v) is 7.33. The van der Waals surface area contributed by atoms with Gasteiger partial charge in [0.2, 0.25) is 5.91 Å². The normalized spacial score (nSPS) is 20.5. The first-order chi connectivity index (χ1) is 12.7. The molecule has 4 rings (SSSR count). The number of hydrogen-bond acceptors (Lipinski definition) is 4. The molecule has 2 aliphatic rings. The summed E-state index contributed by atoms with van der Waals surface area (Å²) in [4.78, 5) is 20.4. The molecule has 1 unspecified atom stereocenters. The number of aliphatic hydroxyl groups excluding tert-OH is 1. The Morgan fingerprint density at radius 2 is 2.08 bits per heavy atom. The van der Waals surface area contributed by atoms with Crippen LogP contribution in [0.25, 0.3) is 11.1 Å². The number of aromatic nitrogens is 1. The molecule has 3 heterocycles. The van der Waals surface area contributed by atoms with Crippen LogP contribution in [0.3, 0.4) is 0 Å². The third kappa shape index (κ3) is 3.24. The standard InChI is InChI=1S/C21H25N3O2/c1-23-20-6-4-16(10-17(20)5-7-21(23)26)18-9-15(11-22-12-18)13-24-8-2-3-19(24)14-25/h4,6,9-12,19,25H,2-3,5,7-8,13-14H2,1H3. The molecule has 2 aromatic rings. The van der Waals surface area contributed by atoms with Crippen molar-refractivity contribution in [2.24, 2.45) is 0 Å². The van der Waals surface area contributed by atoms with Crippen LogP contribution in [0, 0.1) is 0 Å². The van der Waals surface area contributed by atoms with Gasteiger partial charge >= 0.3 is 0 Å². The number of aryl methyl sites for hydroxylation is 1. The first kappa shape index (κ1) is 17.2. The number of hydrogen-bond donors (Lipinski definition) is 1. The molecule has 26 heavy (non-hydrogen) atoms. The molecule has 1 atom stereocenters. The molecule has 0 bridgehead atoms. The van der Waals surface area contributed by atoms with Crippen molar-refractivity contribution >= 4 is 11.6 Å². The van der Waals surface area contributed by atoms with Gasteiger partial charge in [-0.05, 0) is 60.7 Å². The lowest BCUT2D eigenvalue weighted by Gasteiger charge is -2.26. The quantitative estimate of drug-likeness (QED) is 0.920. The van der Waals surface area contributed by atoms with Gasteiger partial charge in [-0.2, -0.15) is 0 Å². The number of fused-ring (bicyclic) bond motifs is 1. The number of carbonyl (C=O) groups excluding carboxylic acids is 1. The maximum Gasteiger partial charge on any atom is 0.227 e. The molecule has 5 nitrogen and oxygen atoms in total. The number of aliphatic hydroxyl groups is 1. The van der Waals surface area contributed by atoms with Crippen molar-refractivity contribution in [3.05, 3.63) is 47.8 Å². The van der Waals surface area contributed by atoms with Gasteiger partial charge in [0.05, 0.1) is 6.61 Å². The Balaban J connectivity index is 1.58. The fraction of sp³-hybridized carbons (Fsp3) is 0.429. The highest BCUT2D eigenvalue weighted by molar-refractivity contribution is 5.96. The van der Waals surface area contributed by atoms with Crippen LogP contribution in [0.4, 0.5) is 5.69 Å². The Labute approximate surface area is 154 Å². The van der Waals surface area contributed by atoms with Gasteiger partial charge < -0.3 is 10.0 Å². The number of rotatable bonds is 4. The lowest BCUT2D eigenvalue weighted by atomic mass is 9.96. The van der Waals surface area contributed by atoms with Crippen LogP contribution in [0.1, 0.15) is 30.4 Å². The second kappa shape index (κ2) is 7.17. The number of pyridine rings is 1. The van der Waals surface area contributed by atoms with E-state index in [-0.39, 0.29) is 18.6 Å². The van der Waals surface area contributed by atoms with Gasteiger partial charge in [-0.25, -0.2) is 0 Å². The molecule has 1 fully saturated rings. The lowest BCUT2D eigenvalue weighted by molar-refractivity contribution is -0.118. The zero-order valence-electron chi connectivity index (χ0n) is 15.2. The molecule has 1 amide bonds. The van der Waals surface area contributed by atoms with Gasteiger partial charge in [0.1, 0.15) is 0 Å². The molecule has 1 aromatic heterocycles. The molecule has 1 aromatic carbocycles. The molecule has 2 aliphatic heterocycles. The van der Waals surface area contributed by atoms with Crippen LogP contribution < -0.4 is 4.90 Å². The Hall–Kier alpha value is -2.24. The van der Waals surface area contributed by atoms with Crippen LogP contribution in [0.15, 0.2) is 36.7 Å². The second-order valence-electron chi connectivity index (χ2n) is 7.33. The highest BCUT2D eigenvalue weighted by Gasteiger charge is 2.24. The largest absolute Gasteiger partial charge is 0.395 e. The number of likely N-dealkylation sites (tertiary alicyclic amines) is 1. The predicted molar refractivity (Wildman–Crippen MR) is 102 cm³/mol. The minimum absolute atomic E-state index is 0.179. The van der Waals surface area contributed by atoms with E-state index in [9.17, 15) is 9.90 Å². The summed E-state index contributed by atoms with van der Waals surface area (Å²) < 4.78 is 0. The monoisotopic (exact) mass is 351 g/mol. The van der Waals surface area contributed by atoms with Crippen molar-refractivity contribution in [2.45, 2.75) is 38.3 Å².